The molecule has 1 aromatic carbocycles. The summed E-state index contributed by atoms with van der Waals surface area (Å²) in [5, 5.41) is 0. The van der Waals surface area contributed by atoms with Gasteiger partial charge in [-0.1, -0.05) is 0 Å². The van der Waals surface area contributed by atoms with Gasteiger partial charge in [0.1, 0.15) is 5.56 Å². The highest BCUT2D eigenvalue weighted by atomic mass is 14.3. The highest BCUT2D eigenvalue weighted by molar-refractivity contribution is 5.34. The van der Waals surface area contributed by atoms with Crippen LogP contribution in [0.2, 0.25) is 0 Å². The molecular weight excluding hydrogens is 144 g/mol. The molecule has 0 aromatic heterocycles. The molecule has 0 heterocycles. The van der Waals surface area contributed by atoms with Crippen molar-refractivity contribution in [3.63, 3.8) is 0 Å². The molecule has 0 aliphatic heterocycles. The van der Waals surface area contributed by atoms with Crippen molar-refractivity contribution in [2.75, 3.05) is 0 Å². The van der Waals surface area contributed by atoms with Crippen molar-refractivity contribution in [2.24, 2.45) is 5.92 Å². The van der Waals surface area contributed by atoms with Gasteiger partial charge in [-0.25, -0.2) is 0 Å². The zero-order valence-corrected chi connectivity index (χ0v) is 7.80. The topological polar surface area (TPSA) is 0 Å². The minimum atomic E-state index is 0.896. The highest BCUT2D eigenvalue weighted by Gasteiger charge is 2.33. The van der Waals surface area contributed by atoms with Crippen LogP contribution in [0.5, 0.6) is 0 Å². The Bertz CT molecular complexity index is 254. The van der Waals surface area contributed by atoms with E-state index in [0.717, 1.165) is 5.92 Å². The summed E-state index contributed by atoms with van der Waals surface area (Å²) in [5.74, 6) is 2.47. The van der Waals surface area contributed by atoms with E-state index in [1.165, 1.54) is 24.0 Å². The molecule has 1 fully saturated rings. The normalized spacial score (nSPS) is 16.2. The van der Waals surface area contributed by atoms with E-state index in [1.54, 1.807) is 5.92 Å². The maximum absolute atomic E-state index is 2.27. The van der Waals surface area contributed by atoms with E-state index in [4.69, 9.17) is 0 Å². The molecule has 62 valence electrons. The Kier molecular flexibility index (Phi) is 1.84. The average Bonchev–Trinajstić information content (AvgIpc) is 2.87. The lowest BCUT2D eigenvalue weighted by Crippen LogP contribution is -1.95. The molecule has 0 heteroatoms. The van der Waals surface area contributed by atoms with Gasteiger partial charge in [-0.15, -0.1) is 0 Å². The first-order chi connectivity index (χ1) is 5.77. The maximum atomic E-state index is 2.27. The minimum Gasteiger partial charge on any atom is -0.0374 e. The Balaban J connectivity index is 2.16. The van der Waals surface area contributed by atoms with Crippen LogP contribution in [0.3, 0.4) is 0 Å². The second-order valence-corrected chi connectivity index (χ2v) is 3.82. The monoisotopic (exact) mass is 159 g/mol. The highest BCUT2D eigenvalue weighted by Crippen LogP contribution is 2.41. The SMILES string of the molecule is Cc1ccc([C+](C)C2CC2)cc1. The smallest absolute Gasteiger partial charge is 0.0374 e. The second kappa shape index (κ2) is 2.85. The van der Waals surface area contributed by atoms with Gasteiger partial charge in [0.05, 0.1) is 0 Å². The van der Waals surface area contributed by atoms with E-state index in [1.807, 2.05) is 0 Å². The van der Waals surface area contributed by atoms with Gasteiger partial charge in [0, 0.05) is 30.9 Å². The Morgan fingerprint density at radius 2 is 1.75 bits per heavy atom. The summed E-state index contributed by atoms with van der Waals surface area (Å²) >= 11 is 0. The molecule has 1 aliphatic rings. The predicted molar refractivity (Wildman–Crippen MR) is 51.9 cm³/mol. The molecular formula is C12H15+. The van der Waals surface area contributed by atoms with Gasteiger partial charge in [-0.3, -0.25) is 0 Å². The first-order valence-electron chi connectivity index (χ1n) is 4.68. The van der Waals surface area contributed by atoms with Crippen LogP contribution in [-0.4, -0.2) is 0 Å². The van der Waals surface area contributed by atoms with Crippen molar-refractivity contribution < 1.29 is 0 Å². The van der Waals surface area contributed by atoms with Gasteiger partial charge in [-0.2, -0.15) is 0 Å². The van der Waals surface area contributed by atoms with Crippen LogP contribution in [0.25, 0.3) is 0 Å². The van der Waals surface area contributed by atoms with E-state index in [2.05, 4.69) is 38.1 Å². The predicted octanol–water partition coefficient (Wildman–Crippen LogP) is 3.35. The molecule has 12 heavy (non-hydrogen) atoms. The lowest BCUT2D eigenvalue weighted by Gasteiger charge is -2.01. The molecule has 0 nitrogen and oxygen atoms in total. The van der Waals surface area contributed by atoms with Gasteiger partial charge >= 0.3 is 0 Å². The molecule has 0 unspecified atom stereocenters. The van der Waals surface area contributed by atoms with Crippen LogP contribution >= 0.6 is 0 Å². The molecule has 0 spiro atoms. The lowest BCUT2D eigenvalue weighted by molar-refractivity contribution is 0.876. The molecule has 0 radical (unpaired) electrons. The summed E-state index contributed by atoms with van der Waals surface area (Å²) in [7, 11) is 0. The minimum absolute atomic E-state index is 0.896. The first kappa shape index (κ1) is 7.72. The summed E-state index contributed by atoms with van der Waals surface area (Å²) in [6.45, 7) is 4.40. The number of benzene rings is 1. The largest absolute Gasteiger partial charge is 0.132 e. The van der Waals surface area contributed by atoms with E-state index in [9.17, 15) is 0 Å². The molecule has 0 atom stereocenters. The zero-order valence-electron chi connectivity index (χ0n) is 7.80. The fourth-order valence-corrected chi connectivity index (χ4v) is 1.57. The van der Waals surface area contributed by atoms with Crippen LogP contribution in [0.1, 0.15) is 30.9 Å². The molecule has 2 rings (SSSR count). The van der Waals surface area contributed by atoms with Crippen LogP contribution in [-0.2, 0) is 0 Å². The second-order valence-electron chi connectivity index (χ2n) is 3.82. The van der Waals surface area contributed by atoms with Crippen molar-refractivity contribution in [3.8, 4) is 0 Å². The molecule has 0 amide bonds. The van der Waals surface area contributed by atoms with Crippen LogP contribution in [0.15, 0.2) is 24.3 Å². The summed E-state index contributed by atoms with van der Waals surface area (Å²) in [4.78, 5) is 0. The molecule has 1 aromatic rings. The fourth-order valence-electron chi connectivity index (χ4n) is 1.57. The van der Waals surface area contributed by atoms with Crippen molar-refractivity contribution in [3.05, 3.63) is 41.3 Å². The van der Waals surface area contributed by atoms with E-state index >= 15 is 0 Å². The number of hydrogen-bond acceptors (Lipinski definition) is 0. The Hall–Kier alpha value is -0.910. The quantitative estimate of drug-likeness (QED) is 0.580. The fraction of sp³-hybridized carbons (Fsp3) is 0.417. The molecule has 0 bridgehead atoms. The van der Waals surface area contributed by atoms with Crippen LogP contribution in [0.4, 0.5) is 0 Å². The lowest BCUT2D eigenvalue weighted by atomic mass is 9.96. The summed E-state index contributed by atoms with van der Waals surface area (Å²) < 4.78 is 0. The molecule has 0 N–H and O–H groups in total. The third-order valence-corrected chi connectivity index (χ3v) is 2.70. The molecule has 1 saturated carbocycles. The van der Waals surface area contributed by atoms with Crippen molar-refractivity contribution in [1.82, 2.24) is 0 Å². The van der Waals surface area contributed by atoms with Gasteiger partial charge in [0.2, 0.25) is 0 Å². The van der Waals surface area contributed by atoms with E-state index in [-0.39, 0.29) is 0 Å². The molecule has 1 aliphatic carbocycles. The summed E-state index contributed by atoms with van der Waals surface area (Å²) in [6, 6.07) is 8.87. The molecule has 0 saturated heterocycles. The van der Waals surface area contributed by atoms with Crippen molar-refractivity contribution in [1.29, 1.82) is 0 Å². The van der Waals surface area contributed by atoms with E-state index in [0.29, 0.717) is 0 Å². The maximum Gasteiger partial charge on any atom is 0.132 e. The van der Waals surface area contributed by atoms with Gasteiger partial charge in [-0.05, 0) is 37.5 Å². The van der Waals surface area contributed by atoms with Crippen LogP contribution < -0.4 is 0 Å². The third-order valence-electron chi connectivity index (χ3n) is 2.70. The number of hydrogen-bond donors (Lipinski definition) is 0. The zero-order chi connectivity index (χ0) is 8.55. The number of aryl methyl sites for hydroxylation is 1. The Morgan fingerprint density at radius 1 is 1.17 bits per heavy atom. The van der Waals surface area contributed by atoms with Gasteiger partial charge in [0.25, 0.3) is 0 Å². The van der Waals surface area contributed by atoms with Gasteiger partial charge < -0.3 is 0 Å². The van der Waals surface area contributed by atoms with Crippen LogP contribution in [0, 0.1) is 18.8 Å². The Labute approximate surface area is 74.6 Å². The average molecular weight is 159 g/mol. The standard InChI is InChI=1S/C12H15/c1-9-3-5-11(6-4-9)10(2)12-7-8-12/h3-6,12H,7-8H2,1-2H3/q+1. The third kappa shape index (κ3) is 1.47. The van der Waals surface area contributed by atoms with Crippen molar-refractivity contribution >= 4 is 0 Å². The van der Waals surface area contributed by atoms with Gasteiger partial charge in [0.15, 0.2) is 0 Å². The summed E-state index contributed by atoms with van der Waals surface area (Å²) in [5.41, 5.74) is 2.78. The first-order valence-corrected chi connectivity index (χ1v) is 4.68. The summed E-state index contributed by atoms with van der Waals surface area (Å²) in [6.07, 6.45) is 2.80. The number of rotatable bonds is 2. The van der Waals surface area contributed by atoms with E-state index < -0.39 is 0 Å². The van der Waals surface area contributed by atoms with Crippen molar-refractivity contribution in [2.45, 2.75) is 26.7 Å². The Morgan fingerprint density at radius 3 is 2.25 bits per heavy atom.